The first kappa shape index (κ1) is 28.8. The zero-order valence-electron chi connectivity index (χ0n) is 20.9. The number of alkyl halides is 5. The van der Waals surface area contributed by atoms with Crippen molar-refractivity contribution >= 4 is 17.2 Å². The van der Waals surface area contributed by atoms with E-state index in [1.807, 2.05) is 0 Å². The molecule has 0 spiro atoms. The molecule has 40 heavy (non-hydrogen) atoms. The average molecular weight is 568 g/mol. The summed E-state index contributed by atoms with van der Waals surface area (Å²) >= 11 is 0. The minimum Gasteiger partial charge on any atom is -0.385 e. The fourth-order valence-corrected chi connectivity index (χ4v) is 4.16. The van der Waals surface area contributed by atoms with Crippen LogP contribution in [0.1, 0.15) is 40.2 Å². The number of nitrogens with one attached hydrogen (secondary N) is 1. The van der Waals surface area contributed by atoms with Crippen molar-refractivity contribution in [3.8, 4) is 11.3 Å². The van der Waals surface area contributed by atoms with Crippen molar-refractivity contribution in [3.63, 3.8) is 0 Å². The highest BCUT2D eigenvalue weighted by molar-refractivity contribution is 5.96. The second kappa shape index (κ2) is 10.7. The van der Waals surface area contributed by atoms with E-state index in [0.717, 1.165) is 48.1 Å². The van der Waals surface area contributed by atoms with Crippen LogP contribution in [0.5, 0.6) is 0 Å². The van der Waals surface area contributed by atoms with Crippen LogP contribution in [0.15, 0.2) is 48.9 Å². The van der Waals surface area contributed by atoms with Crippen LogP contribution in [0.25, 0.3) is 16.8 Å². The minimum atomic E-state index is -4.78. The highest BCUT2D eigenvalue weighted by Crippen LogP contribution is 2.38. The number of nitrogen functional groups attached to an aromatic ring is 1. The van der Waals surface area contributed by atoms with Crippen molar-refractivity contribution in [2.45, 2.75) is 38.3 Å². The van der Waals surface area contributed by atoms with Crippen LogP contribution in [0.4, 0.5) is 32.2 Å². The molecule has 0 fully saturated rings. The molecular weight excluding hydrogens is 546 g/mol. The molecular formula is C25H22F6N6O3. The quantitative estimate of drug-likeness (QED) is 0.271. The Morgan fingerprint density at radius 3 is 2.48 bits per heavy atom. The summed E-state index contributed by atoms with van der Waals surface area (Å²) < 4.78 is 86.2. The van der Waals surface area contributed by atoms with Crippen molar-refractivity contribution < 1.29 is 41.0 Å². The van der Waals surface area contributed by atoms with Crippen LogP contribution >= 0.6 is 0 Å². The molecule has 0 aliphatic heterocycles. The van der Waals surface area contributed by atoms with Crippen molar-refractivity contribution in [2.75, 3.05) is 12.3 Å². The smallest absolute Gasteiger partial charge is 0.385 e. The molecule has 4 rings (SSSR count). The number of carbonyl (C=O) groups excluding carboxylic acids is 1. The first-order chi connectivity index (χ1) is 18.7. The summed E-state index contributed by atoms with van der Waals surface area (Å²) in [6.45, 7) is -1.28. The number of anilines is 1. The summed E-state index contributed by atoms with van der Waals surface area (Å²) in [6.07, 6.45) is -4.23. The van der Waals surface area contributed by atoms with Crippen LogP contribution in [0.2, 0.25) is 0 Å². The van der Waals surface area contributed by atoms with Gasteiger partial charge in [-0.05, 0) is 43.7 Å². The number of aromatic nitrogens is 4. The van der Waals surface area contributed by atoms with Crippen LogP contribution in [-0.4, -0.2) is 49.4 Å². The lowest BCUT2D eigenvalue weighted by atomic mass is 9.92. The summed E-state index contributed by atoms with van der Waals surface area (Å²) in [5.41, 5.74) is 2.16. The third kappa shape index (κ3) is 5.84. The number of nitrogens with zero attached hydrogens (tertiary/aromatic N) is 4. The molecule has 4 aromatic rings. The maximum Gasteiger partial charge on any atom is 0.418 e. The zero-order chi connectivity index (χ0) is 29.4. The molecule has 9 nitrogen and oxygen atoms in total. The summed E-state index contributed by atoms with van der Waals surface area (Å²) in [4.78, 5) is 20.8. The SMILES string of the molecule is Cc1ncc(-c2cc(C(F)(F)F)c3c(N)ncnn23)cc1C(=O)NCC(C)(O)C(OC(F)F)c1ccc(F)cc1. The summed E-state index contributed by atoms with van der Waals surface area (Å²) in [7, 11) is 0. The van der Waals surface area contributed by atoms with Gasteiger partial charge >= 0.3 is 12.8 Å². The normalized spacial score (nSPS) is 14.3. The Morgan fingerprint density at radius 2 is 1.85 bits per heavy atom. The Hall–Kier alpha value is -4.24. The van der Waals surface area contributed by atoms with Gasteiger partial charge in [0.05, 0.1) is 22.5 Å². The number of rotatable bonds is 8. The Morgan fingerprint density at radius 1 is 1.18 bits per heavy atom. The molecule has 15 heteroatoms. The number of amides is 1. The molecule has 4 N–H and O–H groups in total. The van der Waals surface area contributed by atoms with E-state index in [0.29, 0.717) is 0 Å². The summed E-state index contributed by atoms with van der Waals surface area (Å²) in [5.74, 6) is -1.86. The van der Waals surface area contributed by atoms with Gasteiger partial charge < -0.3 is 20.9 Å². The third-order valence-corrected chi connectivity index (χ3v) is 6.10. The number of benzene rings is 1. The first-order valence-corrected chi connectivity index (χ1v) is 11.5. The Labute approximate surface area is 222 Å². The molecule has 3 heterocycles. The molecule has 0 aliphatic carbocycles. The molecule has 2 atom stereocenters. The second-order valence-electron chi connectivity index (χ2n) is 9.07. The molecule has 3 aromatic heterocycles. The van der Waals surface area contributed by atoms with Crippen LogP contribution in [0, 0.1) is 12.7 Å². The van der Waals surface area contributed by atoms with Crippen molar-refractivity contribution in [1.29, 1.82) is 0 Å². The fraction of sp³-hybridized carbons (Fsp3) is 0.280. The van der Waals surface area contributed by atoms with E-state index in [-0.39, 0.29) is 28.1 Å². The van der Waals surface area contributed by atoms with Gasteiger partial charge in [-0.3, -0.25) is 9.78 Å². The third-order valence-electron chi connectivity index (χ3n) is 6.10. The molecule has 2 unspecified atom stereocenters. The van der Waals surface area contributed by atoms with E-state index in [9.17, 15) is 36.2 Å². The van der Waals surface area contributed by atoms with Gasteiger partial charge in [-0.1, -0.05) is 12.1 Å². The van der Waals surface area contributed by atoms with E-state index in [2.05, 4.69) is 25.1 Å². The zero-order valence-corrected chi connectivity index (χ0v) is 20.9. The van der Waals surface area contributed by atoms with Crippen LogP contribution < -0.4 is 11.1 Å². The lowest BCUT2D eigenvalue weighted by molar-refractivity contribution is -0.212. The van der Waals surface area contributed by atoms with Gasteiger partial charge in [0.1, 0.15) is 29.4 Å². The number of pyridine rings is 1. The molecule has 0 saturated carbocycles. The lowest BCUT2D eigenvalue weighted by Crippen LogP contribution is -2.46. The van der Waals surface area contributed by atoms with Gasteiger partial charge in [0.15, 0.2) is 5.82 Å². The number of fused-ring (bicyclic) bond motifs is 1. The number of aryl methyl sites for hydroxylation is 1. The molecule has 0 aliphatic rings. The van der Waals surface area contributed by atoms with Gasteiger partial charge in [-0.15, -0.1) is 0 Å². The Bertz CT molecular complexity index is 1540. The van der Waals surface area contributed by atoms with Gasteiger partial charge in [0.25, 0.3) is 5.91 Å². The maximum atomic E-state index is 13.7. The van der Waals surface area contributed by atoms with Crippen molar-refractivity contribution in [2.24, 2.45) is 0 Å². The number of nitrogens with two attached hydrogens (primary N) is 1. The first-order valence-electron chi connectivity index (χ1n) is 11.5. The van der Waals surface area contributed by atoms with Gasteiger partial charge in [0, 0.05) is 18.3 Å². The predicted octanol–water partition coefficient (Wildman–Crippen LogP) is 4.30. The summed E-state index contributed by atoms with van der Waals surface area (Å²) in [6, 6.07) is 6.38. The lowest BCUT2D eigenvalue weighted by Gasteiger charge is -2.33. The number of ether oxygens (including phenoxy) is 1. The number of aliphatic hydroxyl groups is 1. The summed E-state index contributed by atoms with van der Waals surface area (Å²) in [5, 5.41) is 17.2. The topological polar surface area (TPSA) is 128 Å². The number of hydrogen-bond acceptors (Lipinski definition) is 7. The number of hydrogen-bond donors (Lipinski definition) is 3. The van der Waals surface area contributed by atoms with E-state index in [1.165, 1.54) is 19.2 Å². The largest absolute Gasteiger partial charge is 0.418 e. The van der Waals surface area contributed by atoms with Crippen molar-refractivity contribution in [3.05, 3.63) is 77.1 Å². The van der Waals surface area contributed by atoms with Gasteiger partial charge in [0.2, 0.25) is 0 Å². The molecule has 212 valence electrons. The Balaban J connectivity index is 1.64. The Kier molecular flexibility index (Phi) is 7.72. The standard InChI is InChI=1S/C25H22F6N6O3/c1-12-16(22(38)34-10-24(2,39)20(40-23(27)28)13-3-5-15(26)6-4-13)7-14(9-33-12)18-8-17(25(29,30)31)19-21(32)35-11-36-37(18)19/h3-9,11,20,23,39H,10H2,1-2H3,(H,34,38)(H2,32,35,36). The highest BCUT2D eigenvalue weighted by Gasteiger charge is 2.38. The van der Waals surface area contributed by atoms with E-state index >= 15 is 0 Å². The molecule has 0 radical (unpaired) electrons. The molecule has 1 aromatic carbocycles. The van der Waals surface area contributed by atoms with Crippen LogP contribution in [0.3, 0.4) is 0 Å². The number of carbonyl (C=O) groups is 1. The van der Waals surface area contributed by atoms with E-state index in [1.54, 1.807) is 0 Å². The van der Waals surface area contributed by atoms with Crippen molar-refractivity contribution in [1.82, 2.24) is 24.9 Å². The van der Waals surface area contributed by atoms with E-state index in [4.69, 9.17) is 5.73 Å². The maximum absolute atomic E-state index is 13.7. The average Bonchev–Trinajstić information content (AvgIpc) is 3.28. The minimum absolute atomic E-state index is 0.0302. The molecule has 0 bridgehead atoms. The fourth-order valence-electron chi connectivity index (χ4n) is 4.16. The highest BCUT2D eigenvalue weighted by atomic mass is 19.4. The van der Waals surface area contributed by atoms with E-state index < -0.39 is 59.7 Å². The second-order valence-corrected chi connectivity index (χ2v) is 9.07. The van der Waals surface area contributed by atoms with Gasteiger partial charge in [-0.2, -0.15) is 27.1 Å². The molecule has 1 amide bonds. The predicted molar refractivity (Wildman–Crippen MR) is 130 cm³/mol. The van der Waals surface area contributed by atoms with Gasteiger partial charge in [-0.25, -0.2) is 13.9 Å². The van der Waals surface area contributed by atoms with Crippen LogP contribution in [-0.2, 0) is 10.9 Å². The molecule has 0 saturated heterocycles. The number of halogens is 6. The monoisotopic (exact) mass is 568 g/mol.